The Hall–Kier alpha value is -1.42. The third-order valence-corrected chi connectivity index (χ3v) is 2.45. The number of hydrogen-bond donors (Lipinski definition) is 2. The zero-order chi connectivity index (χ0) is 10.1. The highest BCUT2D eigenvalue weighted by Gasteiger charge is 2.23. The third kappa shape index (κ3) is 1.28. The Labute approximate surface area is 82.8 Å². The molecule has 4 heteroatoms. The van der Waals surface area contributed by atoms with Gasteiger partial charge >= 0.3 is 0 Å². The van der Waals surface area contributed by atoms with Gasteiger partial charge in [-0.05, 0) is 12.1 Å². The van der Waals surface area contributed by atoms with Crippen molar-refractivity contribution in [2.75, 3.05) is 19.5 Å². The molecule has 14 heavy (non-hydrogen) atoms. The maximum Gasteiger partial charge on any atom is 0.150 e. The van der Waals surface area contributed by atoms with Crippen LogP contribution in [0, 0.1) is 0 Å². The van der Waals surface area contributed by atoms with Crippen molar-refractivity contribution in [3.05, 3.63) is 17.7 Å². The molecule has 4 N–H and O–H groups in total. The van der Waals surface area contributed by atoms with Gasteiger partial charge in [0.2, 0.25) is 0 Å². The second-order valence-electron chi connectivity index (χ2n) is 3.34. The number of fused-ring (bicyclic) bond motifs is 1. The first-order valence-corrected chi connectivity index (χ1v) is 4.58. The van der Waals surface area contributed by atoms with E-state index in [2.05, 4.69) is 0 Å². The van der Waals surface area contributed by atoms with Gasteiger partial charge in [0.1, 0.15) is 11.5 Å². The fourth-order valence-electron chi connectivity index (χ4n) is 1.74. The van der Waals surface area contributed by atoms with Gasteiger partial charge in [-0.1, -0.05) is 0 Å². The van der Waals surface area contributed by atoms with Crippen LogP contribution in [-0.2, 0) is 0 Å². The van der Waals surface area contributed by atoms with Crippen LogP contribution in [0.25, 0.3) is 0 Å². The zero-order valence-electron chi connectivity index (χ0n) is 8.12. The Bertz CT molecular complexity index is 352. The Morgan fingerprint density at radius 3 is 3.00 bits per heavy atom. The number of hydrogen-bond acceptors (Lipinski definition) is 4. The van der Waals surface area contributed by atoms with E-state index in [4.69, 9.17) is 20.9 Å². The van der Waals surface area contributed by atoms with Gasteiger partial charge in [-0.3, -0.25) is 0 Å². The van der Waals surface area contributed by atoms with E-state index in [1.165, 1.54) is 0 Å². The van der Waals surface area contributed by atoms with E-state index in [1.54, 1.807) is 13.2 Å². The summed E-state index contributed by atoms with van der Waals surface area (Å²) in [6.07, 6.45) is 0.798. The molecule has 1 heterocycles. The maximum atomic E-state index is 5.98. The van der Waals surface area contributed by atoms with Crippen LogP contribution < -0.4 is 20.9 Å². The van der Waals surface area contributed by atoms with Crippen LogP contribution in [0.15, 0.2) is 12.1 Å². The second-order valence-corrected chi connectivity index (χ2v) is 3.34. The van der Waals surface area contributed by atoms with Crippen molar-refractivity contribution in [1.82, 2.24) is 0 Å². The van der Waals surface area contributed by atoms with Gasteiger partial charge < -0.3 is 20.9 Å². The van der Waals surface area contributed by atoms with Gasteiger partial charge in [0.05, 0.1) is 25.0 Å². The van der Waals surface area contributed by atoms with Crippen molar-refractivity contribution in [3.63, 3.8) is 0 Å². The third-order valence-electron chi connectivity index (χ3n) is 2.45. The molecule has 2 rings (SSSR count). The standard InChI is InChI=1S/C10H14N2O2/c1-13-10-7(12)2-3-8-9(10)6(11)4-5-14-8/h2-3,6H,4-5,11-12H2,1H3. The number of benzene rings is 1. The monoisotopic (exact) mass is 194 g/mol. The minimum atomic E-state index is -0.0443. The van der Waals surface area contributed by atoms with Gasteiger partial charge in [0, 0.05) is 12.5 Å². The second kappa shape index (κ2) is 3.38. The lowest BCUT2D eigenvalue weighted by Gasteiger charge is -2.25. The summed E-state index contributed by atoms with van der Waals surface area (Å²) >= 11 is 0. The van der Waals surface area contributed by atoms with E-state index in [0.29, 0.717) is 18.0 Å². The summed E-state index contributed by atoms with van der Waals surface area (Å²) in [5, 5.41) is 0. The molecule has 0 saturated carbocycles. The smallest absolute Gasteiger partial charge is 0.150 e. The molecule has 1 atom stereocenters. The van der Waals surface area contributed by atoms with E-state index in [-0.39, 0.29) is 6.04 Å². The molecular weight excluding hydrogens is 180 g/mol. The summed E-state index contributed by atoms with van der Waals surface area (Å²) < 4.78 is 10.7. The van der Waals surface area contributed by atoms with E-state index >= 15 is 0 Å². The average Bonchev–Trinajstić information content (AvgIpc) is 2.19. The molecule has 0 amide bonds. The van der Waals surface area contributed by atoms with Crippen LogP contribution >= 0.6 is 0 Å². The number of methoxy groups -OCH3 is 1. The van der Waals surface area contributed by atoms with E-state index < -0.39 is 0 Å². The SMILES string of the molecule is COc1c(N)ccc2c1C(N)CCO2. The van der Waals surface area contributed by atoms with E-state index in [1.807, 2.05) is 6.07 Å². The fourth-order valence-corrected chi connectivity index (χ4v) is 1.74. The first-order valence-electron chi connectivity index (χ1n) is 4.58. The van der Waals surface area contributed by atoms with E-state index in [0.717, 1.165) is 17.7 Å². The lowest BCUT2D eigenvalue weighted by atomic mass is 9.99. The minimum Gasteiger partial charge on any atom is -0.494 e. The quantitative estimate of drug-likeness (QED) is 0.656. The highest BCUT2D eigenvalue weighted by Crippen LogP contribution is 2.40. The summed E-state index contributed by atoms with van der Waals surface area (Å²) in [5.74, 6) is 1.43. The van der Waals surface area contributed by atoms with Crippen LogP contribution in [0.1, 0.15) is 18.0 Å². The molecule has 1 unspecified atom stereocenters. The molecular formula is C10H14N2O2. The minimum absolute atomic E-state index is 0.0443. The molecule has 0 radical (unpaired) electrons. The van der Waals surface area contributed by atoms with Crippen LogP contribution in [0.3, 0.4) is 0 Å². The van der Waals surface area contributed by atoms with Crippen molar-refractivity contribution in [2.24, 2.45) is 5.73 Å². The Morgan fingerprint density at radius 1 is 1.50 bits per heavy atom. The zero-order valence-corrected chi connectivity index (χ0v) is 8.12. The molecule has 0 spiro atoms. The lowest BCUT2D eigenvalue weighted by molar-refractivity contribution is 0.263. The highest BCUT2D eigenvalue weighted by atomic mass is 16.5. The van der Waals surface area contributed by atoms with Crippen molar-refractivity contribution >= 4 is 5.69 Å². The summed E-state index contributed by atoms with van der Waals surface area (Å²) in [6.45, 7) is 0.654. The topological polar surface area (TPSA) is 70.5 Å². The molecule has 1 aliphatic heterocycles. The molecule has 1 aromatic carbocycles. The van der Waals surface area contributed by atoms with Crippen LogP contribution in [0.2, 0.25) is 0 Å². The first kappa shape index (κ1) is 9.15. The number of anilines is 1. The fraction of sp³-hybridized carbons (Fsp3) is 0.400. The molecule has 1 aliphatic rings. The average molecular weight is 194 g/mol. The van der Waals surface area contributed by atoms with Crippen molar-refractivity contribution in [3.8, 4) is 11.5 Å². The van der Waals surface area contributed by atoms with Gasteiger partial charge in [-0.15, -0.1) is 0 Å². The normalized spacial score (nSPS) is 19.7. The number of nitrogen functional groups attached to an aromatic ring is 1. The van der Waals surface area contributed by atoms with E-state index in [9.17, 15) is 0 Å². The Morgan fingerprint density at radius 2 is 2.29 bits per heavy atom. The maximum absolute atomic E-state index is 5.98. The summed E-state index contributed by atoms with van der Waals surface area (Å²) in [4.78, 5) is 0. The molecule has 4 nitrogen and oxygen atoms in total. The van der Waals surface area contributed by atoms with Gasteiger partial charge in [-0.2, -0.15) is 0 Å². The Kier molecular flexibility index (Phi) is 2.21. The lowest BCUT2D eigenvalue weighted by Crippen LogP contribution is -2.21. The number of ether oxygens (including phenoxy) is 2. The predicted molar refractivity (Wildman–Crippen MR) is 54.4 cm³/mol. The molecule has 0 saturated heterocycles. The van der Waals surface area contributed by atoms with Crippen LogP contribution in [0.4, 0.5) is 5.69 Å². The molecule has 0 aliphatic carbocycles. The van der Waals surface area contributed by atoms with Crippen molar-refractivity contribution in [2.45, 2.75) is 12.5 Å². The van der Waals surface area contributed by atoms with Crippen LogP contribution in [0.5, 0.6) is 11.5 Å². The molecule has 0 fully saturated rings. The van der Waals surface area contributed by atoms with Gasteiger partial charge in [-0.25, -0.2) is 0 Å². The summed E-state index contributed by atoms with van der Waals surface area (Å²) in [6, 6.07) is 3.57. The predicted octanol–water partition coefficient (Wildman–Crippen LogP) is 1.06. The number of rotatable bonds is 1. The molecule has 1 aromatic rings. The first-order chi connectivity index (χ1) is 6.74. The molecule has 0 aromatic heterocycles. The summed E-state index contributed by atoms with van der Waals surface area (Å²) in [7, 11) is 1.59. The summed E-state index contributed by atoms with van der Waals surface area (Å²) in [5.41, 5.74) is 13.2. The largest absolute Gasteiger partial charge is 0.494 e. The molecule has 76 valence electrons. The van der Waals surface area contributed by atoms with Gasteiger partial charge in [0.25, 0.3) is 0 Å². The van der Waals surface area contributed by atoms with Crippen LogP contribution in [-0.4, -0.2) is 13.7 Å². The van der Waals surface area contributed by atoms with Gasteiger partial charge in [0.15, 0.2) is 0 Å². The number of nitrogens with two attached hydrogens (primary N) is 2. The highest BCUT2D eigenvalue weighted by molar-refractivity contribution is 5.63. The van der Waals surface area contributed by atoms with Crippen molar-refractivity contribution in [1.29, 1.82) is 0 Å². The van der Waals surface area contributed by atoms with Crippen molar-refractivity contribution < 1.29 is 9.47 Å². The Balaban J connectivity index is 2.57. The molecule has 0 bridgehead atoms.